The standard InChI is InChI=1S/C11H21N3O/c1-11(2,10(15)13-12)7-14-6-8-3-4-9(14)5-8/h8-9H,3-7,12H2,1-2H3,(H,13,15). The summed E-state index contributed by atoms with van der Waals surface area (Å²) in [6.45, 7) is 5.92. The minimum atomic E-state index is -0.376. The van der Waals surface area contributed by atoms with Gasteiger partial charge in [-0.3, -0.25) is 15.1 Å². The summed E-state index contributed by atoms with van der Waals surface area (Å²) >= 11 is 0. The number of carbonyl (C=O) groups is 1. The van der Waals surface area contributed by atoms with E-state index in [1.165, 1.54) is 25.8 Å². The lowest BCUT2D eigenvalue weighted by Crippen LogP contribution is -2.48. The van der Waals surface area contributed by atoms with E-state index in [4.69, 9.17) is 5.84 Å². The molecule has 1 saturated carbocycles. The van der Waals surface area contributed by atoms with Gasteiger partial charge in [0.25, 0.3) is 0 Å². The van der Waals surface area contributed by atoms with Crippen LogP contribution in [0.15, 0.2) is 0 Å². The second-order valence-corrected chi connectivity index (χ2v) is 5.62. The molecule has 2 bridgehead atoms. The summed E-state index contributed by atoms with van der Waals surface area (Å²) in [6, 6.07) is 0.722. The van der Waals surface area contributed by atoms with Gasteiger partial charge in [0.05, 0.1) is 5.41 Å². The Bertz CT molecular complexity index is 265. The molecule has 0 radical (unpaired) electrons. The summed E-state index contributed by atoms with van der Waals surface area (Å²) in [6.07, 6.45) is 4.02. The first-order valence-corrected chi connectivity index (χ1v) is 5.78. The SMILES string of the molecule is CC(C)(CN1CC2CCC1C2)C(=O)NN. The first kappa shape index (κ1) is 10.9. The molecule has 2 unspecified atom stereocenters. The van der Waals surface area contributed by atoms with Crippen molar-refractivity contribution in [1.82, 2.24) is 10.3 Å². The third-order valence-corrected chi connectivity index (χ3v) is 3.87. The maximum atomic E-state index is 11.6. The first-order valence-electron chi connectivity index (χ1n) is 5.78. The van der Waals surface area contributed by atoms with E-state index in [9.17, 15) is 4.79 Å². The van der Waals surface area contributed by atoms with Crippen LogP contribution >= 0.6 is 0 Å². The predicted molar refractivity (Wildman–Crippen MR) is 58.8 cm³/mol. The molecule has 0 aromatic carbocycles. The Morgan fingerprint density at radius 3 is 2.73 bits per heavy atom. The van der Waals surface area contributed by atoms with E-state index in [1.54, 1.807) is 0 Å². The second-order valence-electron chi connectivity index (χ2n) is 5.62. The molecule has 2 aliphatic rings. The van der Waals surface area contributed by atoms with E-state index >= 15 is 0 Å². The Morgan fingerprint density at radius 2 is 2.27 bits per heavy atom. The van der Waals surface area contributed by atoms with Gasteiger partial charge in [-0.25, -0.2) is 5.84 Å². The van der Waals surface area contributed by atoms with Gasteiger partial charge in [-0.2, -0.15) is 0 Å². The molecule has 1 aliphatic carbocycles. The van der Waals surface area contributed by atoms with Crippen molar-refractivity contribution in [3.63, 3.8) is 0 Å². The average molecular weight is 211 g/mol. The molecule has 1 aliphatic heterocycles. The summed E-state index contributed by atoms with van der Waals surface area (Å²) in [5, 5.41) is 0. The Kier molecular flexibility index (Phi) is 2.73. The minimum absolute atomic E-state index is 0.0646. The number of piperidine rings is 1. The van der Waals surface area contributed by atoms with Crippen molar-refractivity contribution in [2.24, 2.45) is 17.2 Å². The van der Waals surface area contributed by atoms with Crippen molar-refractivity contribution in [2.45, 2.75) is 39.2 Å². The fourth-order valence-electron chi connectivity index (χ4n) is 3.00. The molecule has 1 saturated heterocycles. The summed E-state index contributed by atoms with van der Waals surface area (Å²) in [5.74, 6) is 6.01. The van der Waals surface area contributed by atoms with E-state index in [2.05, 4.69) is 10.3 Å². The van der Waals surface area contributed by atoms with Crippen molar-refractivity contribution >= 4 is 5.91 Å². The van der Waals surface area contributed by atoms with Gasteiger partial charge in [0.15, 0.2) is 0 Å². The summed E-state index contributed by atoms with van der Waals surface area (Å²) in [4.78, 5) is 14.0. The van der Waals surface area contributed by atoms with Crippen molar-refractivity contribution in [2.75, 3.05) is 13.1 Å². The van der Waals surface area contributed by atoms with Crippen LogP contribution in [-0.2, 0) is 4.79 Å². The molecule has 2 fully saturated rings. The molecular weight excluding hydrogens is 190 g/mol. The molecule has 4 nitrogen and oxygen atoms in total. The quantitative estimate of drug-likeness (QED) is 0.406. The largest absolute Gasteiger partial charge is 0.299 e. The van der Waals surface area contributed by atoms with E-state index < -0.39 is 0 Å². The van der Waals surface area contributed by atoms with Crippen LogP contribution in [0, 0.1) is 11.3 Å². The maximum Gasteiger partial charge on any atom is 0.240 e. The Morgan fingerprint density at radius 1 is 1.53 bits per heavy atom. The molecule has 1 heterocycles. The fraction of sp³-hybridized carbons (Fsp3) is 0.909. The number of carbonyl (C=O) groups excluding carboxylic acids is 1. The third kappa shape index (κ3) is 2.01. The summed E-state index contributed by atoms with van der Waals surface area (Å²) < 4.78 is 0. The molecule has 1 amide bonds. The molecule has 4 heteroatoms. The van der Waals surface area contributed by atoms with Crippen LogP contribution in [0.3, 0.4) is 0 Å². The molecule has 86 valence electrons. The van der Waals surface area contributed by atoms with Gasteiger partial charge in [-0.15, -0.1) is 0 Å². The first-order chi connectivity index (χ1) is 7.03. The van der Waals surface area contributed by atoms with Crippen LogP contribution in [0.1, 0.15) is 33.1 Å². The van der Waals surface area contributed by atoms with Crippen molar-refractivity contribution in [3.8, 4) is 0 Å². The van der Waals surface area contributed by atoms with Crippen LogP contribution in [0.2, 0.25) is 0 Å². The molecule has 15 heavy (non-hydrogen) atoms. The number of nitrogens with two attached hydrogens (primary N) is 1. The molecule has 0 spiro atoms. The monoisotopic (exact) mass is 211 g/mol. The minimum Gasteiger partial charge on any atom is -0.299 e. The lowest BCUT2D eigenvalue weighted by atomic mass is 9.91. The lowest BCUT2D eigenvalue weighted by Gasteiger charge is -2.33. The van der Waals surface area contributed by atoms with Crippen LogP contribution < -0.4 is 11.3 Å². The van der Waals surface area contributed by atoms with Gasteiger partial charge < -0.3 is 0 Å². The number of nitrogens with one attached hydrogen (secondary N) is 1. The van der Waals surface area contributed by atoms with Gasteiger partial charge in [0.1, 0.15) is 0 Å². The molecule has 2 rings (SSSR count). The maximum absolute atomic E-state index is 11.6. The zero-order valence-electron chi connectivity index (χ0n) is 9.62. The molecule has 2 atom stereocenters. The summed E-state index contributed by atoms with van der Waals surface area (Å²) in [5.41, 5.74) is 1.88. The Labute approximate surface area is 91.2 Å². The highest BCUT2D eigenvalue weighted by Crippen LogP contribution is 2.38. The topological polar surface area (TPSA) is 58.4 Å². The zero-order valence-corrected chi connectivity index (χ0v) is 9.62. The van der Waals surface area contributed by atoms with Crippen molar-refractivity contribution < 1.29 is 4.79 Å². The van der Waals surface area contributed by atoms with Crippen molar-refractivity contribution in [1.29, 1.82) is 0 Å². The van der Waals surface area contributed by atoms with Gasteiger partial charge in [0, 0.05) is 19.1 Å². The Hall–Kier alpha value is -0.610. The third-order valence-electron chi connectivity index (χ3n) is 3.87. The average Bonchev–Trinajstić information content (AvgIpc) is 2.77. The van der Waals surface area contributed by atoms with Gasteiger partial charge in [0.2, 0.25) is 5.91 Å². The number of hydrogen-bond donors (Lipinski definition) is 2. The molecular formula is C11H21N3O. The molecule has 3 N–H and O–H groups in total. The van der Waals surface area contributed by atoms with Gasteiger partial charge in [-0.1, -0.05) is 0 Å². The van der Waals surface area contributed by atoms with Crippen LogP contribution in [0.5, 0.6) is 0 Å². The highest BCUT2D eigenvalue weighted by Gasteiger charge is 2.41. The van der Waals surface area contributed by atoms with Crippen LogP contribution in [0.4, 0.5) is 0 Å². The summed E-state index contributed by atoms with van der Waals surface area (Å²) in [7, 11) is 0. The van der Waals surface area contributed by atoms with Crippen LogP contribution in [-0.4, -0.2) is 29.9 Å². The number of fused-ring (bicyclic) bond motifs is 2. The highest BCUT2D eigenvalue weighted by molar-refractivity contribution is 5.81. The van der Waals surface area contributed by atoms with E-state index in [0.29, 0.717) is 0 Å². The van der Waals surface area contributed by atoms with Gasteiger partial charge >= 0.3 is 0 Å². The van der Waals surface area contributed by atoms with E-state index in [0.717, 1.165) is 18.5 Å². The zero-order chi connectivity index (χ0) is 11.1. The Balaban J connectivity index is 1.94. The predicted octanol–water partition coefficient (Wildman–Crippen LogP) is 0.487. The molecule has 0 aromatic rings. The number of amides is 1. The number of rotatable bonds is 3. The van der Waals surface area contributed by atoms with E-state index in [-0.39, 0.29) is 11.3 Å². The van der Waals surface area contributed by atoms with E-state index in [1.807, 2.05) is 13.8 Å². The number of nitrogens with zero attached hydrogens (tertiary/aromatic N) is 1. The number of likely N-dealkylation sites (tertiary alicyclic amines) is 1. The smallest absolute Gasteiger partial charge is 0.240 e. The molecule has 0 aromatic heterocycles. The van der Waals surface area contributed by atoms with Crippen molar-refractivity contribution in [3.05, 3.63) is 0 Å². The van der Waals surface area contributed by atoms with Crippen LogP contribution in [0.25, 0.3) is 0 Å². The number of hydrazine groups is 1. The highest BCUT2D eigenvalue weighted by atomic mass is 16.2. The number of hydrogen-bond acceptors (Lipinski definition) is 3. The fourth-order valence-corrected chi connectivity index (χ4v) is 3.00. The normalized spacial score (nSPS) is 30.9. The second kappa shape index (κ2) is 3.76. The lowest BCUT2D eigenvalue weighted by molar-refractivity contribution is -0.130. The van der Waals surface area contributed by atoms with Gasteiger partial charge in [-0.05, 0) is 39.0 Å².